The zero-order valence-corrected chi connectivity index (χ0v) is 13.4. The molecule has 0 amide bonds. The normalized spacial score (nSPS) is 24.2. The molecule has 3 rings (SSSR count). The van der Waals surface area contributed by atoms with Crippen molar-refractivity contribution in [3.8, 4) is 0 Å². The molecule has 2 N–H and O–H groups in total. The van der Waals surface area contributed by atoms with Gasteiger partial charge in [-0.05, 0) is 30.7 Å². The van der Waals surface area contributed by atoms with Gasteiger partial charge in [0.1, 0.15) is 0 Å². The Labute approximate surface area is 132 Å². The molecule has 1 aromatic heterocycles. The van der Waals surface area contributed by atoms with Crippen LogP contribution in [-0.4, -0.2) is 27.5 Å². The van der Waals surface area contributed by atoms with E-state index in [-0.39, 0.29) is 6.61 Å². The van der Waals surface area contributed by atoms with Crippen LogP contribution in [0.1, 0.15) is 36.6 Å². The molecular formula is C18H25N3O. The zero-order chi connectivity index (χ0) is 15.6. The molecule has 1 aromatic carbocycles. The lowest BCUT2D eigenvalue weighted by Gasteiger charge is -2.46. The van der Waals surface area contributed by atoms with Crippen molar-refractivity contribution in [2.24, 2.45) is 0 Å². The largest absolute Gasteiger partial charge is 0.394 e. The SMILES string of the molecule is Cc1nn(CCO)cc1CNC1CC(C)(c2ccccc2)C1. The number of benzene rings is 1. The number of hydrogen-bond acceptors (Lipinski definition) is 3. The summed E-state index contributed by atoms with van der Waals surface area (Å²) in [5, 5.41) is 17.0. The molecule has 0 radical (unpaired) electrons. The molecule has 2 aromatic rings. The number of aliphatic hydroxyl groups is 1. The maximum Gasteiger partial charge on any atom is 0.0641 e. The van der Waals surface area contributed by atoms with Gasteiger partial charge in [0, 0.05) is 24.3 Å². The molecule has 1 aliphatic rings. The van der Waals surface area contributed by atoms with E-state index >= 15 is 0 Å². The predicted molar refractivity (Wildman–Crippen MR) is 87.7 cm³/mol. The standard InChI is InChI=1S/C18H25N3O/c1-14-15(13-21(20-14)8-9-22)12-19-17-10-18(2,11-17)16-6-4-3-5-7-16/h3-7,13,17,19,22H,8-12H2,1-2H3. The van der Waals surface area contributed by atoms with Gasteiger partial charge in [-0.1, -0.05) is 37.3 Å². The van der Waals surface area contributed by atoms with Gasteiger partial charge >= 0.3 is 0 Å². The Kier molecular flexibility index (Phi) is 4.32. The van der Waals surface area contributed by atoms with Crippen LogP contribution in [0.4, 0.5) is 0 Å². The third kappa shape index (κ3) is 3.08. The molecule has 4 heteroatoms. The van der Waals surface area contributed by atoms with Crippen molar-refractivity contribution >= 4 is 0 Å². The minimum atomic E-state index is 0.131. The second kappa shape index (κ2) is 6.23. The van der Waals surface area contributed by atoms with Crippen LogP contribution in [0.3, 0.4) is 0 Å². The van der Waals surface area contributed by atoms with Crippen LogP contribution < -0.4 is 5.32 Å². The van der Waals surface area contributed by atoms with Crippen molar-refractivity contribution in [2.75, 3.05) is 6.61 Å². The fourth-order valence-electron chi connectivity index (χ4n) is 3.45. The van der Waals surface area contributed by atoms with Gasteiger partial charge in [0.15, 0.2) is 0 Å². The Hall–Kier alpha value is -1.65. The Morgan fingerprint density at radius 2 is 2.05 bits per heavy atom. The number of nitrogens with zero attached hydrogens (tertiary/aromatic N) is 2. The summed E-state index contributed by atoms with van der Waals surface area (Å²) in [5.41, 5.74) is 4.03. The van der Waals surface area contributed by atoms with E-state index in [1.165, 1.54) is 24.0 Å². The molecule has 1 heterocycles. The molecule has 0 bridgehead atoms. The van der Waals surface area contributed by atoms with E-state index in [9.17, 15) is 0 Å². The number of aromatic nitrogens is 2. The lowest BCUT2D eigenvalue weighted by Crippen LogP contribution is -2.49. The Balaban J connectivity index is 1.52. The van der Waals surface area contributed by atoms with Crippen LogP contribution >= 0.6 is 0 Å². The lowest BCUT2D eigenvalue weighted by molar-refractivity contribution is 0.189. The molecule has 0 unspecified atom stereocenters. The van der Waals surface area contributed by atoms with E-state index in [0.717, 1.165) is 12.2 Å². The molecule has 1 saturated carbocycles. The molecule has 1 fully saturated rings. The van der Waals surface area contributed by atoms with Crippen molar-refractivity contribution in [1.29, 1.82) is 0 Å². The van der Waals surface area contributed by atoms with Crippen LogP contribution in [0, 0.1) is 6.92 Å². The minimum Gasteiger partial charge on any atom is -0.394 e. The van der Waals surface area contributed by atoms with Gasteiger partial charge in [0.25, 0.3) is 0 Å². The molecule has 1 aliphatic carbocycles. The summed E-state index contributed by atoms with van der Waals surface area (Å²) in [7, 11) is 0. The lowest BCUT2D eigenvalue weighted by atomic mass is 9.63. The number of aryl methyl sites for hydroxylation is 1. The highest BCUT2D eigenvalue weighted by Crippen LogP contribution is 2.43. The zero-order valence-electron chi connectivity index (χ0n) is 13.4. The molecule has 0 atom stereocenters. The van der Waals surface area contributed by atoms with Crippen molar-refractivity contribution in [3.05, 3.63) is 53.3 Å². The molecule has 118 valence electrons. The van der Waals surface area contributed by atoms with E-state index in [1.54, 1.807) is 0 Å². The number of hydrogen-bond donors (Lipinski definition) is 2. The fraction of sp³-hybridized carbons (Fsp3) is 0.500. The smallest absolute Gasteiger partial charge is 0.0641 e. The molecule has 0 spiro atoms. The number of nitrogens with one attached hydrogen (secondary N) is 1. The summed E-state index contributed by atoms with van der Waals surface area (Å²) in [5.74, 6) is 0. The van der Waals surface area contributed by atoms with Crippen LogP contribution in [0.5, 0.6) is 0 Å². The fourth-order valence-corrected chi connectivity index (χ4v) is 3.45. The summed E-state index contributed by atoms with van der Waals surface area (Å²) in [6, 6.07) is 11.4. The molecule has 22 heavy (non-hydrogen) atoms. The Morgan fingerprint density at radius 1 is 1.32 bits per heavy atom. The highest BCUT2D eigenvalue weighted by Gasteiger charge is 2.41. The van der Waals surface area contributed by atoms with E-state index in [2.05, 4.69) is 47.7 Å². The maximum atomic E-state index is 8.97. The van der Waals surface area contributed by atoms with Crippen LogP contribution in [0.25, 0.3) is 0 Å². The van der Waals surface area contributed by atoms with Gasteiger partial charge in [-0.2, -0.15) is 5.10 Å². The van der Waals surface area contributed by atoms with E-state index in [0.29, 0.717) is 18.0 Å². The van der Waals surface area contributed by atoms with E-state index in [1.807, 2.05) is 17.8 Å². The van der Waals surface area contributed by atoms with Crippen molar-refractivity contribution in [2.45, 2.75) is 51.2 Å². The summed E-state index contributed by atoms with van der Waals surface area (Å²) in [4.78, 5) is 0. The van der Waals surface area contributed by atoms with E-state index < -0.39 is 0 Å². The Bertz CT molecular complexity index is 615. The van der Waals surface area contributed by atoms with E-state index in [4.69, 9.17) is 5.11 Å². The monoisotopic (exact) mass is 299 g/mol. The van der Waals surface area contributed by atoms with Gasteiger partial charge in [0.2, 0.25) is 0 Å². The van der Waals surface area contributed by atoms with Crippen LogP contribution in [-0.2, 0) is 18.5 Å². The van der Waals surface area contributed by atoms with Gasteiger partial charge in [0.05, 0.1) is 18.8 Å². The average molecular weight is 299 g/mol. The summed E-state index contributed by atoms with van der Waals surface area (Å²) in [6.07, 6.45) is 4.40. The second-order valence-corrected chi connectivity index (χ2v) is 6.64. The van der Waals surface area contributed by atoms with Crippen molar-refractivity contribution in [3.63, 3.8) is 0 Å². The molecule has 4 nitrogen and oxygen atoms in total. The first kappa shape index (κ1) is 15.3. The van der Waals surface area contributed by atoms with Crippen LogP contribution in [0.15, 0.2) is 36.5 Å². The first-order valence-electron chi connectivity index (χ1n) is 8.03. The molecule has 0 aliphatic heterocycles. The summed E-state index contributed by atoms with van der Waals surface area (Å²) < 4.78 is 1.82. The van der Waals surface area contributed by atoms with Crippen molar-refractivity contribution in [1.82, 2.24) is 15.1 Å². The quantitative estimate of drug-likeness (QED) is 0.861. The first-order chi connectivity index (χ1) is 10.6. The topological polar surface area (TPSA) is 50.1 Å². The van der Waals surface area contributed by atoms with Gasteiger partial charge < -0.3 is 10.4 Å². The number of rotatable bonds is 6. The van der Waals surface area contributed by atoms with Gasteiger partial charge in [-0.3, -0.25) is 4.68 Å². The Morgan fingerprint density at radius 3 is 2.73 bits per heavy atom. The first-order valence-corrected chi connectivity index (χ1v) is 8.03. The summed E-state index contributed by atoms with van der Waals surface area (Å²) >= 11 is 0. The third-order valence-electron chi connectivity index (χ3n) is 4.82. The minimum absolute atomic E-state index is 0.131. The number of aliphatic hydroxyl groups excluding tert-OH is 1. The van der Waals surface area contributed by atoms with Gasteiger partial charge in [-0.15, -0.1) is 0 Å². The van der Waals surface area contributed by atoms with Crippen molar-refractivity contribution < 1.29 is 5.11 Å². The molecular weight excluding hydrogens is 274 g/mol. The van der Waals surface area contributed by atoms with Gasteiger partial charge in [-0.25, -0.2) is 0 Å². The third-order valence-corrected chi connectivity index (χ3v) is 4.82. The maximum absolute atomic E-state index is 8.97. The highest BCUT2D eigenvalue weighted by molar-refractivity contribution is 5.28. The predicted octanol–water partition coefficient (Wildman–Crippen LogP) is 2.39. The summed E-state index contributed by atoms with van der Waals surface area (Å²) in [6.45, 7) is 5.93. The van der Waals surface area contributed by atoms with Crippen LogP contribution in [0.2, 0.25) is 0 Å². The second-order valence-electron chi connectivity index (χ2n) is 6.64. The highest BCUT2D eigenvalue weighted by atomic mass is 16.3. The molecule has 0 saturated heterocycles. The average Bonchev–Trinajstić information content (AvgIpc) is 2.84.